The Balaban J connectivity index is -0.000000136. The van der Waals surface area contributed by atoms with Crippen LogP contribution in [0.3, 0.4) is 0 Å². The van der Waals surface area contributed by atoms with E-state index >= 15 is 0 Å². The SMILES string of the molecule is CC.Cc1cccc(OCC[NH-])c1.[CH3-].[K+].[OH-]. The molecular weight excluding hydrogens is 229 g/mol. The Morgan fingerprint density at radius 1 is 1.25 bits per heavy atom. The van der Waals surface area contributed by atoms with Crippen molar-refractivity contribution in [3.63, 3.8) is 0 Å². The van der Waals surface area contributed by atoms with E-state index in [1.165, 1.54) is 5.56 Å². The van der Waals surface area contributed by atoms with E-state index in [4.69, 9.17) is 10.5 Å². The van der Waals surface area contributed by atoms with E-state index in [1.807, 2.05) is 45.0 Å². The fraction of sp³-hybridized carbons (Fsp3) is 0.417. The zero-order valence-corrected chi connectivity index (χ0v) is 14.2. The standard InChI is InChI=1S/C9H12NO.C2H6.CH3.K.H2O/c1-8-3-2-4-9(7-8)11-6-5-10;1-2;;;/h2-4,7,10H,5-6H2,1H3;1-2H3;1H3;;1H2/q-1;;-1;+1;/p-1. The fourth-order valence-electron chi connectivity index (χ4n) is 0.874. The molecular formula is C12H22KNO2-2. The fourth-order valence-corrected chi connectivity index (χ4v) is 0.874. The third-order valence-electron chi connectivity index (χ3n) is 1.36. The van der Waals surface area contributed by atoms with Crippen LogP contribution in [0.2, 0.25) is 0 Å². The van der Waals surface area contributed by atoms with Gasteiger partial charge in [0.05, 0.1) is 6.61 Å². The van der Waals surface area contributed by atoms with E-state index in [1.54, 1.807) is 0 Å². The molecule has 0 spiro atoms. The summed E-state index contributed by atoms with van der Waals surface area (Å²) < 4.78 is 5.25. The Morgan fingerprint density at radius 3 is 2.25 bits per heavy atom. The molecule has 1 rings (SSSR count). The number of benzene rings is 1. The molecule has 0 atom stereocenters. The zero-order valence-electron chi connectivity index (χ0n) is 11.1. The van der Waals surface area contributed by atoms with Crippen LogP contribution >= 0.6 is 0 Å². The molecule has 0 bridgehead atoms. The van der Waals surface area contributed by atoms with E-state index in [-0.39, 0.29) is 64.3 Å². The average molecular weight is 251 g/mol. The van der Waals surface area contributed by atoms with Gasteiger partial charge in [-0.25, -0.2) is 0 Å². The molecule has 0 aliphatic carbocycles. The maximum atomic E-state index is 6.88. The summed E-state index contributed by atoms with van der Waals surface area (Å²) in [5.41, 5.74) is 8.07. The Bertz CT molecular complexity index is 232. The van der Waals surface area contributed by atoms with Gasteiger partial charge in [0.25, 0.3) is 0 Å². The van der Waals surface area contributed by atoms with E-state index < -0.39 is 0 Å². The molecule has 0 saturated carbocycles. The second-order valence-electron chi connectivity index (χ2n) is 2.41. The van der Waals surface area contributed by atoms with Gasteiger partial charge in [-0.05, 0) is 24.6 Å². The van der Waals surface area contributed by atoms with Gasteiger partial charge in [0, 0.05) is 0 Å². The monoisotopic (exact) mass is 251 g/mol. The summed E-state index contributed by atoms with van der Waals surface area (Å²) in [6.45, 7) is 6.81. The molecule has 0 aromatic heterocycles. The van der Waals surface area contributed by atoms with Gasteiger partial charge in [-0.15, -0.1) is 6.54 Å². The van der Waals surface area contributed by atoms with Crippen LogP contribution in [0, 0.1) is 14.4 Å². The summed E-state index contributed by atoms with van der Waals surface area (Å²) in [6.07, 6.45) is 0. The second-order valence-corrected chi connectivity index (χ2v) is 2.41. The van der Waals surface area contributed by atoms with Crippen molar-refractivity contribution in [1.29, 1.82) is 0 Å². The van der Waals surface area contributed by atoms with Crippen molar-refractivity contribution in [3.8, 4) is 5.75 Å². The van der Waals surface area contributed by atoms with Crippen molar-refractivity contribution in [1.82, 2.24) is 0 Å². The Kier molecular flexibility index (Phi) is 28.5. The summed E-state index contributed by atoms with van der Waals surface area (Å²) in [5, 5.41) is 0. The smallest absolute Gasteiger partial charge is 0.870 e. The second kappa shape index (κ2) is 18.0. The summed E-state index contributed by atoms with van der Waals surface area (Å²) in [5.74, 6) is 0.859. The summed E-state index contributed by atoms with van der Waals surface area (Å²) in [7, 11) is 0. The zero-order chi connectivity index (χ0) is 10.1. The van der Waals surface area contributed by atoms with Crippen molar-refractivity contribution in [2.75, 3.05) is 13.2 Å². The molecule has 1 aromatic rings. The molecule has 0 unspecified atom stereocenters. The predicted molar refractivity (Wildman–Crippen MR) is 65.6 cm³/mol. The van der Waals surface area contributed by atoms with Gasteiger partial charge in [0.15, 0.2) is 0 Å². The first-order valence-electron chi connectivity index (χ1n) is 4.67. The molecule has 90 valence electrons. The van der Waals surface area contributed by atoms with Crippen LogP contribution in [0.1, 0.15) is 19.4 Å². The normalized spacial score (nSPS) is 7.00. The molecule has 0 aliphatic rings. The number of ether oxygens (including phenoxy) is 1. The van der Waals surface area contributed by atoms with Crippen molar-refractivity contribution in [3.05, 3.63) is 43.0 Å². The number of nitrogens with one attached hydrogen (secondary N) is 1. The van der Waals surface area contributed by atoms with Crippen LogP contribution in [0.15, 0.2) is 24.3 Å². The Labute approximate surface area is 142 Å². The van der Waals surface area contributed by atoms with E-state index in [9.17, 15) is 0 Å². The molecule has 2 N–H and O–H groups in total. The van der Waals surface area contributed by atoms with E-state index in [0.717, 1.165) is 5.75 Å². The molecule has 0 saturated heterocycles. The van der Waals surface area contributed by atoms with E-state index in [0.29, 0.717) is 13.2 Å². The topological polar surface area (TPSA) is 63.0 Å². The van der Waals surface area contributed by atoms with Crippen molar-refractivity contribution in [2.45, 2.75) is 20.8 Å². The maximum Gasteiger partial charge on any atom is 1.00 e. The number of hydrogen-bond acceptors (Lipinski definition) is 2. The van der Waals surface area contributed by atoms with Crippen LogP contribution in [0.25, 0.3) is 5.73 Å². The molecule has 0 aliphatic heterocycles. The summed E-state index contributed by atoms with van der Waals surface area (Å²) >= 11 is 0. The summed E-state index contributed by atoms with van der Waals surface area (Å²) in [4.78, 5) is 0. The molecule has 4 heteroatoms. The van der Waals surface area contributed by atoms with Gasteiger partial charge in [-0.2, -0.15) is 0 Å². The molecule has 0 heterocycles. The van der Waals surface area contributed by atoms with Gasteiger partial charge in [-0.3, -0.25) is 0 Å². The number of hydrogen-bond donors (Lipinski definition) is 0. The van der Waals surface area contributed by atoms with Crippen LogP contribution < -0.4 is 56.1 Å². The van der Waals surface area contributed by atoms with Crippen molar-refractivity contribution < 1.29 is 61.6 Å². The van der Waals surface area contributed by atoms with Crippen LogP contribution in [0.4, 0.5) is 0 Å². The predicted octanol–water partition coefficient (Wildman–Crippen LogP) is 0.730. The third-order valence-corrected chi connectivity index (χ3v) is 1.36. The first kappa shape index (κ1) is 25.4. The minimum Gasteiger partial charge on any atom is -0.870 e. The minimum absolute atomic E-state index is 0. The van der Waals surface area contributed by atoms with Gasteiger partial charge in [-0.1, -0.05) is 26.0 Å². The molecule has 16 heavy (non-hydrogen) atoms. The van der Waals surface area contributed by atoms with E-state index in [2.05, 4.69) is 0 Å². The third kappa shape index (κ3) is 12.6. The largest absolute Gasteiger partial charge is 1.00 e. The minimum atomic E-state index is 0. The quantitative estimate of drug-likeness (QED) is 0.587. The molecule has 3 nitrogen and oxygen atoms in total. The van der Waals surface area contributed by atoms with Crippen LogP contribution in [-0.4, -0.2) is 18.6 Å². The van der Waals surface area contributed by atoms with Gasteiger partial charge in [0.1, 0.15) is 5.75 Å². The molecule has 0 amide bonds. The van der Waals surface area contributed by atoms with Crippen LogP contribution in [0.5, 0.6) is 5.75 Å². The maximum absolute atomic E-state index is 6.88. The van der Waals surface area contributed by atoms with Crippen molar-refractivity contribution >= 4 is 0 Å². The number of rotatable bonds is 3. The van der Waals surface area contributed by atoms with Crippen molar-refractivity contribution in [2.24, 2.45) is 0 Å². The average Bonchev–Trinajstić information content (AvgIpc) is 2.18. The van der Waals surface area contributed by atoms with Gasteiger partial charge >= 0.3 is 51.4 Å². The molecule has 0 radical (unpaired) electrons. The van der Waals surface area contributed by atoms with Gasteiger partial charge < -0.3 is 23.4 Å². The summed E-state index contributed by atoms with van der Waals surface area (Å²) in [6, 6.07) is 7.85. The Morgan fingerprint density at radius 2 is 1.81 bits per heavy atom. The van der Waals surface area contributed by atoms with Crippen LogP contribution in [-0.2, 0) is 0 Å². The van der Waals surface area contributed by atoms with Gasteiger partial charge in [0.2, 0.25) is 0 Å². The Hall–Kier alpha value is 0.576. The first-order valence-corrected chi connectivity index (χ1v) is 4.67. The molecule has 0 fully saturated rings. The first-order chi connectivity index (χ1) is 6.33. The number of aryl methyl sites for hydroxylation is 1. The molecule has 1 aromatic carbocycles.